The summed E-state index contributed by atoms with van der Waals surface area (Å²) in [5, 5.41) is 0. The van der Waals surface area contributed by atoms with Crippen LogP contribution in [0.15, 0.2) is 17.3 Å². The van der Waals surface area contributed by atoms with Gasteiger partial charge in [-0.3, -0.25) is 0 Å². The molecule has 82 valence electrons. The van der Waals surface area contributed by atoms with Crippen molar-refractivity contribution in [1.82, 2.24) is 0 Å². The summed E-state index contributed by atoms with van der Waals surface area (Å²) in [6.45, 7) is 8.16. The Kier molecular flexibility index (Phi) is 8.30. The Hall–Kier alpha value is -0.790. The van der Waals surface area contributed by atoms with E-state index in [1.807, 2.05) is 19.9 Å². The Morgan fingerprint density at radius 1 is 1.43 bits per heavy atom. The van der Waals surface area contributed by atoms with Crippen LogP contribution in [0.5, 0.6) is 0 Å². The van der Waals surface area contributed by atoms with Gasteiger partial charge in [-0.05, 0) is 26.7 Å². The third kappa shape index (κ3) is 7.84. The first-order valence-electron chi connectivity index (χ1n) is 5.53. The van der Waals surface area contributed by atoms with Gasteiger partial charge in [0.25, 0.3) is 0 Å². The SMILES string of the molecule is C/C=C/N=C(C)OC(C)CCCCC. The molecule has 0 amide bonds. The lowest BCUT2D eigenvalue weighted by Crippen LogP contribution is -2.11. The van der Waals surface area contributed by atoms with Crippen molar-refractivity contribution >= 4 is 5.90 Å². The maximum absolute atomic E-state index is 5.60. The average Bonchev–Trinajstić information content (AvgIpc) is 2.15. The van der Waals surface area contributed by atoms with Crippen LogP contribution < -0.4 is 0 Å². The highest BCUT2D eigenvalue weighted by molar-refractivity contribution is 5.73. The van der Waals surface area contributed by atoms with Gasteiger partial charge in [0.15, 0.2) is 5.90 Å². The van der Waals surface area contributed by atoms with E-state index in [2.05, 4.69) is 18.8 Å². The summed E-state index contributed by atoms with van der Waals surface area (Å²) in [4.78, 5) is 4.12. The fourth-order valence-corrected chi connectivity index (χ4v) is 1.24. The van der Waals surface area contributed by atoms with Gasteiger partial charge in [-0.15, -0.1) is 0 Å². The molecule has 0 N–H and O–H groups in total. The molecule has 0 saturated carbocycles. The van der Waals surface area contributed by atoms with E-state index < -0.39 is 0 Å². The van der Waals surface area contributed by atoms with Crippen molar-refractivity contribution in [3.05, 3.63) is 12.3 Å². The van der Waals surface area contributed by atoms with Crippen LogP contribution in [0.3, 0.4) is 0 Å². The maximum atomic E-state index is 5.60. The Labute approximate surface area is 88.1 Å². The first kappa shape index (κ1) is 13.2. The molecule has 0 aromatic rings. The van der Waals surface area contributed by atoms with Gasteiger partial charge in [-0.1, -0.05) is 25.8 Å². The fraction of sp³-hybridized carbons (Fsp3) is 0.750. The fourth-order valence-electron chi connectivity index (χ4n) is 1.24. The molecule has 2 nitrogen and oxygen atoms in total. The zero-order valence-electron chi connectivity index (χ0n) is 9.92. The van der Waals surface area contributed by atoms with Gasteiger partial charge in [-0.25, -0.2) is 4.99 Å². The van der Waals surface area contributed by atoms with E-state index >= 15 is 0 Å². The Bertz CT molecular complexity index is 185. The summed E-state index contributed by atoms with van der Waals surface area (Å²) >= 11 is 0. The highest BCUT2D eigenvalue weighted by Gasteiger charge is 2.02. The molecule has 0 fully saturated rings. The minimum Gasteiger partial charge on any atom is -0.478 e. The molecule has 1 unspecified atom stereocenters. The quantitative estimate of drug-likeness (QED) is 0.359. The summed E-state index contributed by atoms with van der Waals surface area (Å²) in [7, 11) is 0. The minimum absolute atomic E-state index is 0.288. The van der Waals surface area contributed by atoms with Crippen LogP contribution >= 0.6 is 0 Å². The van der Waals surface area contributed by atoms with E-state index in [-0.39, 0.29) is 6.10 Å². The molecule has 0 saturated heterocycles. The predicted molar refractivity (Wildman–Crippen MR) is 62.6 cm³/mol. The summed E-state index contributed by atoms with van der Waals surface area (Å²) in [5.74, 6) is 0.757. The molecule has 2 heteroatoms. The highest BCUT2D eigenvalue weighted by atomic mass is 16.5. The molecule has 0 aliphatic carbocycles. The molecular formula is C12H23NO. The van der Waals surface area contributed by atoms with Crippen molar-refractivity contribution < 1.29 is 4.74 Å². The van der Waals surface area contributed by atoms with Crippen molar-refractivity contribution in [2.24, 2.45) is 4.99 Å². The van der Waals surface area contributed by atoms with Gasteiger partial charge < -0.3 is 4.74 Å². The third-order valence-corrected chi connectivity index (χ3v) is 1.99. The third-order valence-electron chi connectivity index (χ3n) is 1.99. The lowest BCUT2D eigenvalue weighted by atomic mass is 10.1. The van der Waals surface area contributed by atoms with Gasteiger partial charge in [0.05, 0.1) is 6.10 Å². The van der Waals surface area contributed by atoms with Gasteiger partial charge in [0, 0.05) is 13.1 Å². The second-order valence-corrected chi connectivity index (χ2v) is 3.55. The maximum Gasteiger partial charge on any atom is 0.184 e. The summed E-state index contributed by atoms with van der Waals surface area (Å²) < 4.78 is 5.60. The largest absolute Gasteiger partial charge is 0.478 e. The van der Waals surface area contributed by atoms with Crippen LogP contribution in [0.25, 0.3) is 0 Å². The van der Waals surface area contributed by atoms with Crippen LogP contribution in [0.1, 0.15) is 53.4 Å². The number of ether oxygens (including phenoxy) is 1. The summed E-state index contributed by atoms with van der Waals surface area (Å²) in [5.41, 5.74) is 0. The second-order valence-electron chi connectivity index (χ2n) is 3.55. The minimum atomic E-state index is 0.288. The molecule has 0 bridgehead atoms. The molecule has 0 aliphatic heterocycles. The van der Waals surface area contributed by atoms with Crippen LogP contribution in [-0.2, 0) is 4.74 Å². The van der Waals surface area contributed by atoms with E-state index in [0.717, 1.165) is 12.3 Å². The normalized spacial score (nSPS) is 14.7. The molecule has 0 heterocycles. The highest BCUT2D eigenvalue weighted by Crippen LogP contribution is 2.06. The van der Waals surface area contributed by atoms with Gasteiger partial charge in [-0.2, -0.15) is 0 Å². The van der Waals surface area contributed by atoms with Gasteiger partial charge in [0.1, 0.15) is 0 Å². The Morgan fingerprint density at radius 3 is 2.71 bits per heavy atom. The standard InChI is InChI=1S/C12H23NO/c1-5-7-8-9-11(3)14-12(4)13-10-6-2/h6,10-11H,5,7-9H2,1-4H3/b10-6+,13-12?. The summed E-state index contributed by atoms with van der Waals surface area (Å²) in [6.07, 6.45) is 8.86. The molecule has 14 heavy (non-hydrogen) atoms. The summed E-state index contributed by atoms with van der Waals surface area (Å²) in [6, 6.07) is 0. The monoisotopic (exact) mass is 197 g/mol. The van der Waals surface area contributed by atoms with Gasteiger partial charge >= 0.3 is 0 Å². The van der Waals surface area contributed by atoms with E-state index in [4.69, 9.17) is 4.74 Å². The van der Waals surface area contributed by atoms with E-state index in [1.54, 1.807) is 6.20 Å². The number of hydrogen-bond donors (Lipinski definition) is 0. The molecule has 0 rings (SSSR count). The van der Waals surface area contributed by atoms with Crippen molar-refractivity contribution in [1.29, 1.82) is 0 Å². The van der Waals surface area contributed by atoms with Crippen LogP contribution in [0, 0.1) is 0 Å². The molecule has 1 atom stereocenters. The lowest BCUT2D eigenvalue weighted by Gasteiger charge is -2.13. The zero-order chi connectivity index (χ0) is 10.8. The number of aliphatic imine (C=N–C) groups is 1. The van der Waals surface area contributed by atoms with E-state index in [0.29, 0.717) is 0 Å². The van der Waals surface area contributed by atoms with Crippen molar-refractivity contribution in [2.45, 2.75) is 59.5 Å². The van der Waals surface area contributed by atoms with Crippen LogP contribution in [0.4, 0.5) is 0 Å². The molecule has 0 spiro atoms. The average molecular weight is 197 g/mol. The van der Waals surface area contributed by atoms with Crippen molar-refractivity contribution in [3.8, 4) is 0 Å². The number of hydrogen-bond acceptors (Lipinski definition) is 2. The first-order valence-corrected chi connectivity index (χ1v) is 5.53. The van der Waals surface area contributed by atoms with E-state index in [9.17, 15) is 0 Å². The molecule has 0 radical (unpaired) electrons. The molecule has 0 aromatic heterocycles. The molecule has 0 aromatic carbocycles. The predicted octanol–water partition coefficient (Wildman–Crippen LogP) is 3.92. The lowest BCUT2D eigenvalue weighted by molar-refractivity contribution is 0.192. The smallest absolute Gasteiger partial charge is 0.184 e. The zero-order valence-corrected chi connectivity index (χ0v) is 9.92. The van der Waals surface area contributed by atoms with E-state index in [1.165, 1.54) is 19.3 Å². The van der Waals surface area contributed by atoms with Crippen molar-refractivity contribution in [3.63, 3.8) is 0 Å². The topological polar surface area (TPSA) is 21.6 Å². The van der Waals surface area contributed by atoms with Gasteiger partial charge in [0.2, 0.25) is 0 Å². The Balaban J connectivity index is 3.64. The number of unbranched alkanes of at least 4 members (excludes halogenated alkanes) is 2. The van der Waals surface area contributed by atoms with Crippen LogP contribution in [0.2, 0.25) is 0 Å². The molecular weight excluding hydrogens is 174 g/mol. The number of allylic oxidation sites excluding steroid dienone is 1. The Morgan fingerprint density at radius 2 is 2.14 bits per heavy atom. The first-order chi connectivity index (χ1) is 6.70. The van der Waals surface area contributed by atoms with Crippen LogP contribution in [-0.4, -0.2) is 12.0 Å². The molecule has 0 aliphatic rings. The second kappa shape index (κ2) is 8.79. The number of rotatable bonds is 6. The number of nitrogens with zero attached hydrogens (tertiary/aromatic N) is 1. The van der Waals surface area contributed by atoms with Crippen molar-refractivity contribution in [2.75, 3.05) is 0 Å².